The quantitative estimate of drug-likeness (QED) is 0.279. The van der Waals surface area contributed by atoms with Gasteiger partial charge in [-0.05, 0) is 18.6 Å². The number of para-hydroxylation sites is 1. The Hall–Kier alpha value is -2.44. The molecule has 0 bridgehead atoms. The van der Waals surface area contributed by atoms with Crippen LogP contribution in [0.2, 0.25) is 0 Å². The van der Waals surface area contributed by atoms with Gasteiger partial charge in [0.2, 0.25) is 0 Å². The zero-order valence-corrected chi connectivity index (χ0v) is 10.9. The summed E-state index contributed by atoms with van der Waals surface area (Å²) in [5, 5.41) is 17.0. The van der Waals surface area contributed by atoms with Gasteiger partial charge in [-0.1, -0.05) is 18.1 Å². The highest BCUT2D eigenvalue weighted by atomic mass is 16.5. The third-order valence-electron chi connectivity index (χ3n) is 2.40. The Bertz CT molecular complexity index is 474. The first kappa shape index (κ1) is 14.6. The molecule has 2 amide bonds. The number of carbonyl (C=O) groups is 1. The molecule has 0 saturated heterocycles. The SMILES string of the molecule is CCCNC(=O)Nc1c(OC)cccc1/C(N)=N/O. The normalized spacial score (nSPS) is 10.9. The second-order valence-corrected chi connectivity index (χ2v) is 3.75. The highest BCUT2D eigenvalue weighted by Crippen LogP contribution is 2.28. The molecular weight excluding hydrogens is 248 g/mol. The summed E-state index contributed by atoms with van der Waals surface area (Å²) in [5.74, 6) is 0.320. The molecule has 0 atom stereocenters. The van der Waals surface area contributed by atoms with Crippen LogP contribution in [0.25, 0.3) is 0 Å². The predicted molar refractivity (Wildman–Crippen MR) is 72.8 cm³/mol. The average molecular weight is 266 g/mol. The summed E-state index contributed by atoms with van der Waals surface area (Å²) in [6.45, 7) is 2.51. The topological polar surface area (TPSA) is 109 Å². The predicted octanol–water partition coefficient (Wildman–Crippen LogP) is 1.32. The number of ether oxygens (including phenoxy) is 1. The Labute approximate surface area is 111 Å². The molecule has 7 heteroatoms. The van der Waals surface area contributed by atoms with Crippen LogP contribution in [0, 0.1) is 0 Å². The van der Waals surface area contributed by atoms with Crippen LogP contribution in [0.1, 0.15) is 18.9 Å². The molecule has 0 aromatic heterocycles. The van der Waals surface area contributed by atoms with Crippen molar-refractivity contribution in [2.75, 3.05) is 19.0 Å². The lowest BCUT2D eigenvalue weighted by atomic mass is 10.1. The van der Waals surface area contributed by atoms with E-state index < -0.39 is 0 Å². The van der Waals surface area contributed by atoms with E-state index in [1.54, 1.807) is 18.2 Å². The lowest BCUT2D eigenvalue weighted by Gasteiger charge is -2.14. The number of nitrogens with two attached hydrogens (primary N) is 1. The van der Waals surface area contributed by atoms with Gasteiger partial charge >= 0.3 is 6.03 Å². The number of nitrogens with zero attached hydrogens (tertiary/aromatic N) is 1. The molecule has 0 fully saturated rings. The van der Waals surface area contributed by atoms with Crippen LogP contribution in [-0.2, 0) is 0 Å². The first-order valence-electron chi connectivity index (χ1n) is 5.83. The molecule has 7 nitrogen and oxygen atoms in total. The zero-order valence-electron chi connectivity index (χ0n) is 10.9. The Kier molecular flexibility index (Phi) is 5.46. The lowest BCUT2D eigenvalue weighted by molar-refractivity contribution is 0.252. The van der Waals surface area contributed by atoms with E-state index in [9.17, 15) is 4.79 Å². The third-order valence-corrected chi connectivity index (χ3v) is 2.40. The highest BCUT2D eigenvalue weighted by Gasteiger charge is 2.14. The number of methoxy groups -OCH3 is 1. The Morgan fingerprint density at radius 3 is 2.84 bits per heavy atom. The van der Waals surface area contributed by atoms with E-state index in [1.807, 2.05) is 6.92 Å². The minimum Gasteiger partial charge on any atom is -0.495 e. The van der Waals surface area contributed by atoms with Gasteiger partial charge < -0.3 is 26.3 Å². The maximum absolute atomic E-state index is 11.7. The van der Waals surface area contributed by atoms with Crippen molar-refractivity contribution in [2.24, 2.45) is 10.9 Å². The van der Waals surface area contributed by atoms with E-state index in [0.717, 1.165) is 6.42 Å². The Balaban J connectivity index is 3.05. The number of amides is 2. The fourth-order valence-electron chi connectivity index (χ4n) is 1.49. The molecule has 5 N–H and O–H groups in total. The van der Waals surface area contributed by atoms with E-state index >= 15 is 0 Å². The van der Waals surface area contributed by atoms with Crippen molar-refractivity contribution >= 4 is 17.6 Å². The van der Waals surface area contributed by atoms with E-state index in [0.29, 0.717) is 23.5 Å². The van der Waals surface area contributed by atoms with Crippen molar-refractivity contribution in [1.82, 2.24) is 5.32 Å². The molecule has 0 aliphatic rings. The Morgan fingerprint density at radius 2 is 2.26 bits per heavy atom. The van der Waals surface area contributed by atoms with Crippen molar-refractivity contribution in [2.45, 2.75) is 13.3 Å². The van der Waals surface area contributed by atoms with E-state index in [2.05, 4.69) is 15.8 Å². The first-order chi connectivity index (χ1) is 9.13. The van der Waals surface area contributed by atoms with Crippen LogP contribution in [0.3, 0.4) is 0 Å². The smallest absolute Gasteiger partial charge is 0.319 e. The number of urea groups is 1. The summed E-state index contributed by atoms with van der Waals surface area (Å²) >= 11 is 0. The third kappa shape index (κ3) is 3.77. The second-order valence-electron chi connectivity index (χ2n) is 3.75. The van der Waals surface area contributed by atoms with Crippen LogP contribution in [-0.4, -0.2) is 30.7 Å². The number of carbonyl (C=O) groups excluding carboxylic acids is 1. The number of hydrogen-bond donors (Lipinski definition) is 4. The van der Waals surface area contributed by atoms with E-state index in [1.165, 1.54) is 7.11 Å². The highest BCUT2D eigenvalue weighted by molar-refractivity contribution is 6.06. The summed E-state index contributed by atoms with van der Waals surface area (Å²) < 4.78 is 5.15. The summed E-state index contributed by atoms with van der Waals surface area (Å²) in [6.07, 6.45) is 0.826. The molecule has 104 valence electrons. The number of rotatable bonds is 5. The molecule has 0 aliphatic carbocycles. The number of nitrogens with one attached hydrogen (secondary N) is 2. The van der Waals surface area contributed by atoms with Gasteiger partial charge in [0.15, 0.2) is 5.84 Å². The molecule has 0 unspecified atom stereocenters. The standard InChI is InChI=1S/C12H18N4O3/c1-3-7-14-12(17)15-10-8(11(13)16-18)5-4-6-9(10)19-2/h4-6,18H,3,7H2,1-2H3,(H2,13,16)(H2,14,15,17). The number of benzene rings is 1. The van der Waals surface area contributed by atoms with Crippen molar-refractivity contribution < 1.29 is 14.7 Å². The first-order valence-corrected chi connectivity index (χ1v) is 5.83. The fourth-order valence-corrected chi connectivity index (χ4v) is 1.49. The van der Waals surface area contributed by atoms with Gasteiger partial charge in [-0.3, -0.25) is 0 Å². The monoisotopic (exact) mass is 266 g/mol. The second kappa shape index (κ2) is 7.10. The molecular formula is C12H18N4O3. The summed E-state index contributed by atoms with van der Waals surface area (Å²) in [7, 11) is 1.47. The molecule has 0 radical (unpaired) electrons. The van der Waals surface area contributed by atoms with Crippen molar-refractivity contribution in [3.8, 4) is 5.75 Å². The number of amidine groups is 1. The number of anilines is 1. The van der Waals surface area contributed by atoms with Gasteiger partial charge in [-0.15, -0.1) is 0 Å². The van der Waals surface area contributed by atoms with Gasteiger partial charge in [0.1, 0.15) is 5.75 Å². The molecule has 1 aromatic rings. The van der Waals surface area contributed by atoms with Crippen molar-refractivity contribution in [1.29, 1.82) is 0 Å². The van der Waals surface area contributed by atoms with Gasteiger partial charge in [0.25, 0.3) is 0 Å². The lowest BCUT2D eigenvalue weighted by Crippen LogP contribution is -2.30. The maximum Gasteiger partial charge on any atom is 0.319 e. The molecule has 1 aromatic carbocycles. The zero-order chi connectivity index (χ0) is 14.3. The maximum atomic E-state index is 11.7. The molecule has 0 heterocycles. The van der Waals surface area contributed by atoms with E-state index in [4.69, 9.17) is 15.7 Å². The van der Waals surface area contributed by atoms with E-state index in [-0.39, 0.29) is 11.9 Å². The van der Waals surface area contributed by atoms with Gasteiger partial charge in [0.05, 0.1) is 12.8 Å². The van der Waals surface area contributed by atoms with Gasteiger partial charge in [0, 0.05) is 12.1 Å². The summed E-state index contributed by atoms with van der Waals surface area (Å²) in [4.78, 5) is 11.7. The molecule has 0 aliphatic heterocycles. The van der Waals surface area contributed by atoms with Crippen LogP contribution < -0.4 is 21.1 Å². The van der Waals surface area contributed by atoms with Crippen LogP contribution >= 0.6 is 0 Å². The van der Waals surface area contributed by atoms with Crippen molar-refractivity contribution in [3.63, 3.8) is 0 Å². The minimum absolute atomic E-state index is 0.107. The average Bonchev–Trinajstić information content (AvgIpc) is 2.44. The van der Waals surface area contributed by atoms with Crippen LogP contribution in [0.5, 0.6) is 5.75 Å². The Morgan fingerprint density at radius 1 is 1.53 bits per heavy atom. The van der Waals surface area contributed by atoms with Crippen molar-refractivity contribution in [3.05, 3.63) is 23.8 Å². The molecule has 0 saturated carbocycles. The van der Waals surface area contributed by atoms with Crippen LogP contribution in [0.4, 0.5) is 10.5 Å². The largest absolute Gasteiger partial charge is 0.495 e. The summed E-state index contributed by atoms with van der Waals surface area (Å²) in [5.41, 5.74) is 6.31. The minimum atomic E-state index is -0.377. The van der Waals surface area contributed by atoms with Gasteiger partial charge in [-0.2, -0.15) is 0 Å². The number of oxime groups is 1. The molecule has 19 heavy (non-hydrogen) atoms. The molecule has 1 rings (SSSR count). The fraction of sp³-hybridized carbons (Fsp3) is 0.333. The van der Waals surface area contributed by atoms with Crippen LogP contribution in [0.15, 0.2) is 23.4 Å². The molecule has 0 spiro atoms. The number of hydrogen-bond acceptors (Lipinski definition) is 4. The summed E-state index contributed by atoms with van der Waals surface area (Å²) in [6, 6.07) is 4.59. The van der Waals surface area contributed by atoms with Gasteiger partial charge in [-0.25, -0.2) is 4.79 Å².